The Morgan fingerprint density at radius 1 is 1.50 bits per heavy atom. The molecule has 0 aliphatic heterocycles. The van der Waals surface area contributed by atoms with E-state index < -0.39 is 12.0 Å². The van der Waals surface area contributed by atoms with Gasteiger partial charge in [-0.25, -0.2) is 14.3 Å². The zero-order chi connectivity index (χ0) is 14.9. The van der Waals surface area contributed by atoms with E-state index in [1.165, 1.54) is 0 Å². The minimum absolute atomic E-state index is 0.0692. The summed E-state index contributed by atoms with van der Waals surface area (Å²) in [6, 6.07) is 1.30. The van der Waals surface area contributed by atoms with E-state index in [0.29, 0.717) is 12.2 Å². The van der Waals surface area contributed by atoms with E-state index in [4.69, 9.17) is 5.11 Å². The van der Waals surface area contributed by atoms with Gasteiger partial charge in [0.1, 0.15) is 11.6 Å². The molecule has 0 aromatic carbocycles. The highest BCUT2D eigenvalue weighted by molar-refractivity contribution is 5.79. The van der Waals surface area contributed by atoms with Crippen molar-refractivity contribution in [3.63, 3.8) is 0 Å². The third-order valence-electron chi connectivity index (χ3n) is 3.18. The fourth-order valence-corrected chi connectivity index (χ4v) is 1.90. The second-order valence-corrected chi connectivity index (χ2v) is 5.83. The Balaban J connectivity index is 2.44. The van der Waals surface area contributed by atoms with Crippen LogP contribution in [0.15, 0.2) is 18.5 Å². The molecule has 0 aliphatic rings. The Morgan fingerprint density at radius 2 is 2.20 bits per heavy atom. The molecular formula is C14H20N4O2. The zero-order valence-corrected chi connectivity index (χ0v) is 12.2. The molecule has 2 rings (SSSR count). The van der Waals surface area contributed by atoms with Crippen molar-refractivity contribution in [3.8, 4) is 0 Å². The molecule has 20 heavy (non-hydrogen) atoms. The van der Waals surface area contributed by atoms with Gasteiger partial charge >= 0.3 is 5.97 Å². The van der Waals surface area contributed by atoms with Crippen LogP contribution in [0.1, 0.15) is 39.8 Å². The van der Waals surface area contributed by atoms with E-state index in [1.54, 1.807) is 16.9 Å². The fraction of sp³-hybridized carbons (Fsp3) is 0.500. The Kier molecular flexibility index (Phi) is 3.65. The standard InChI is InChI=1S/C14H20N4O2/c1-5-9(13(19)20)16-12-10-8-11(14(2,3)4)17-18(10)7-6-15-12/h6-9H,5H2,1-4H3,(H,15,16)(H,19,20). The molecule has 1 unspecified atom stereocenters. The Bertz CT molecular complexity index is 628. The van der Waals surface area contributed by atoms with Gasteiger partial charge < -0.3 is 10.4 Å². The number of nitrogens with one attached hydrogen (secondary N) is 1. The van der Waals surface area contributed by atoms with Gasteiger partial charge in [-0.3, -0.25) is 0 Å². The highest BCUT2D eigenvalue weighted by atomic mass is 16.4. The van der Waals surface area contributed by atoms with E-state index in [0.717, 1.165) is 11.2 Å². The predicted molar refractivity (Wildman–Crippen MR) is 77.0 cm³/mol. The number of nitrogens with zero attached hydrogens (tertiary/aromatic N) is 3. The average molecular weight is 276 g/mol. The topological polar surface area (TPSA) is 79.5 Å². The lowest BCUT2D eigenvalue weighted by Crippen LogP contribution is -2.28. The van der Waals surface area contributed by atoms with Crippen molar-refractivity contribution in [2.45, 2.75) is 45.6 Å². The smallest absolute Gasteiger partial charge is 0.326 e. The van der Waals surface area contributed by atoms with Crippen molar-refractivity contribution in [2.24, 2.45) is 0 Å². The maximum Gasteiger partial charge on any atom is 0.326 e. The number of carbonyl (C=O) groups is 1. The lowest BCUT2D eigenvalue weighted by Gasteiger charge is -2.13. The molecule has 0 saturated carbocycles. The number of carboxylic acid groups (broad SMARTS) is 1. The lowest BCUT2D eigenvalue weighted by molar-refractivity contribution is -0.137. The van der Waals surface area contributed by atoms with Gasteiger partial charge in [-0.1, -0.05) is 27.7 Å². The maximum atomic E-state index is 11.1. The van der Waals surface area contributed by atoms with Crippen LogP contribution in [0.25, 0.3) is 5.52 Å². The summed E-state index contributed by atoms with van der Waals surface area (Å²) >= 11 is 0. The molecule has 2 aromatic heterocycles. The molecule has 0 aliphatic carbocycles. The number of rotatable bonds is 4. The summed E-state index contributed by atoms with van der Waals surface area (Å²) in [4.78, 5) is 15.4. The molecular weight excluding hydrogens is 256 g/mol. The van der Waals surface area contributed by atoms with Crippen LogP contribution in [0.2, 0.25) is 0 Å². The van der Waals surface area contributed by atoms with Crippen LogP contribution in [0.4, 0.5) is 5.82 Å². The minimum Gasteiger partial charge on any atom is -0.480 e. The van der Waals surface area contributed by atoms with Crippen LogP contribution >= 0.6 is 0 Å². The van der Waals surface area contributed by atoms with E-state index in [9.17, 15) is 4.79 Å². The van der Waals surface area contributed by atoms with Gasteiger partial charge in [-0.05, 0) is 12.5 Å². The molecule has 6 nitrogen and oxygen atoms in total. The number of hydrogen-bond donors (Lipinski definition) is 2. The molecule has 0 saturated heterocycles. The second-order valence-electron chi connectivity index (χ2n) is 5.83. The first kappa shape index (κ1) is 14.3. The number of hydrogen-bond acceptors (Lipinski definition) is 4. The molecule has 0 spiro atoms. The van der Waals surface area contributed by atoms with Crippen molar-refractivity contribution in [3.05, 3.63) is 24.2 Å². The first-order valence-corrected chi connectivity index (χ1v) is 6.67. The van der Waals surface area contributed by atoms with Crippen LogP contribution in [0, 0.1) is 0 Å². The number of anilines is 1. The van der Waals surface area contributed by atoms with Gasteiger partial charge in [-0.2, -0.15) is 5.10 Å². The summed E-state index contributed by atoms with van der Waals surface area (Å²) in [5.74, 6) is -0.336. The summed E-state index contributed by atoms with van der Waals surface area (Å²) in [7, 11) is 0. The van der Waals surface area contributed by atoms with Crippen molar-refractivity contribution >= 4 is 17.3 Å². The third kappa shape index (κ3) is 2.74. The molecule has 2 N–H and O–H groups in total. The van der Waals surface area contributed by atoms with E-state index >= 15 is 0 Å². The van der Waals surface area contributed by atoms with Gasteiger partial charge in [0.25, 0.3) is 0 Å². The summed E-state index contributed by atoms with van der Waals surface area (Å²) in [6.07, 6.45) is 3.86. The number of aliphatic carboxylic acids is 1. The molecule has 1 atom stereocenters. The van der Waals surface area contributed by atoms with Gasteiger partial charge in [0.2, 0.25) is 0 Å². The number of fused-ring (bicyclic) bond motifs is 1. The normalized spacial score (nSPS) is 13.4. The van der Waals surface area contributed by atoms with Crippen LogP contribution in [0.5, 0.6) is 0 Å². The summed E-state index contributed by atoms with van der Waals surface area (Å²) in [5, 5.41) is 16.6. The maximum absolute atomic E-state index is 11.1. The highest BCUT2D eigenvalue weighted by Crippen LogP contribution is 2.24. The third-order valence-corrected chi connectivity index (χ3v) is 3.18. The summed E-state index contributed by atoms with van der Waals surface area (Å²) in [6.45, 7) is 8.08. The van der Waals surface area contributed by atoms with E-state index in [-0.39, 0.29) is 5.41 Å². The molecule has 0 bridgehead atoms. The van der Waals surface area contributed by atoms with Crippen LogP contribution in [-0.2, 0) is 10.2 Å². The van der Waals surface area contributed by atoms with Gasteiger partial charge in [0, 0.05) is 17.8 Å². The Morgan fingerprint density at radius 3 is 2.75 bits per heavy atom. The number of carboxylic acids is 1. The molecule has 0 amide bonds. The Labute approximate surface area is 117 Å². The second kappa shape index (κ2) is 5.11. The van der Waals surface area contributed by atoms with Crippen molar-refractivity contribution < 1.29 is 9.90 Å². The lowest BCUT2D eigenvalue weighted by atomic mass is 9.92. The average Bonchev–Trinajstić information content (AvgIpc) is 2.79. The van der Waals surface area contributed by atoms with Crippen LogP contribution in [0.3, 0.4) is 0 Å². The van der Waals surface area contributed by atoms with Crippen LogP contribution in [-0.4, -0.2) is 31.7 Å². The molecule has 0 radical (unpaired) electrons. The summed E-state index contributed by atoms with van der Waals surface area (Å²) < 4.78 is 1.73. The molecule has 108 valence electrons. The first-order valence-electron chi connectivity index (χ1n) is 6.67. The molecule has 6 heteroatoms. The quantitative estimate of drug-likeness (QED) is 0.895. The molecule has 2 aromatic rings. The largest absolute Gasteiger partial charge is 0.480 e. The minimum atomic E-state index is -0.883. The first-order chi connectivity index (χ1) is 9.32. The van der Waals surface area contributed by atoms with E-state index in [1.807, 2.05) is 13.0 Å². The Hall–Kier alpha value is -2.11. The predicted octanol–water partition coefficient (Wildman–Crippen LogP) is 2.30. The number of aromatic nitrogens is 3. The van der Waals surface area contributed by atoms with Gasteiger partial charge in [0.05, 0.1) is 5.69 Å². The molecule has 0 fully saturated rings. The van der Waals surface area contributed by atoms with Crippen molar-refractivity contribution in [2.75, 3.05) is 5.32 Å². The zero-order valence-electron chi connectivity index (χ0n) is 12.2. The fourth-order valence-electron chi connectivity index (χ4n) is 1.90. The van der Waals surface area contributed by atoms with Gasteiger partial charge in [0.15, 0.2) is 5.82 Å². The van der Waals surface area contributed by atoms with Crippen LogP contribution < -0.4 is 5.32 Å². The summed E-state index contributed by atoms with van der Waals surface area (Å²) in [5.41, 5.74) is 1.66. The monoisotopic (exact) mass is 276 g/mol. The molecule has 2 heterocycles. The van der Waals surface area contributed by atoms with Crippen molar-refractivity contribution in [1.82, 2.24) is 14.6 Å². The SMILES string of the molecule is CCC(Nc1nccn2nc(C(C)(C)C)cc12)C(=O)O. The van der Waals surface area contributed by atoms with Gasteiger partial charge in [-0.15, -0.1) is 0 Å². The highest BCUT2D eigenvalue weighted by Gasteiger charge is 2.21. The van der Waals surface area contributed by atoms with E-state index in [2.05, 4.69) is 36.2 Å². The van der Waals surface area contributed by atoms with Crippen molar-refractivity contribution in [1.29, 1.82) is 0 Å².